The van der Waals surface area contributed by atoms with Gasteiger partial charge in [-0.1, -0.05) is 24.6 Å². The van der Waals surface area contributed by atoms with E-state index >= 15 is 0 Å². The Morgan fingerprint density at radius 2 is 2.37 bits per heavy atom. The van der Waals surface area contributed by atoms with Crippen molar-refractivity contribution < 1.29 is 9.66 Å². The van der Waals surface area contributed by atoms with Crippen molar-refractivity contribution in [2.45, 2.75) is 19.4 Å². The molecule has 7 heteroatoms. The van der Waals surface area contributed by atoms with Gasteiger partial charge in [-0.05, 0) is 19.0 Å². The van der Waals surface area contributed by atoms with Crippen molar-refractivity contribution in [1.29, 1.82) is 5.26 Å². The lowest BCUT2D eigenvalue weighted by Crippen LogP contribution is -2.33. The Morgan fingerprint density at radius 3 is 2.95 bits per heavy atom. The van der Waals surface area contributed by atoms with E-state index in [9.17, 15) is 10.1 Å². The van der Waals surface area contributed by atoms with Crippen molar-refractivity contribution in [3.63, 3.8) is 0 Å². The Bertz CT molecular complexity index is 488. The van der Waals surface area contributed by atoms with E-state index in [0.717, 1.165) is 6.42 Å². The van der Waals surface area contributed by atoms with Gasteiger partial charge in [0, 0.05) is 6.07 Å². The van der Waals surface area contributed by atoms with Crippen LogP contribution in [-0.4, -0.2) is 24.1 Å². The molecule has 0 saturated heterocycles. The molecule has 0 aromatic heterocycles. The molecule has 0 radical (unpaired) electrons. The molecule has 1 N–H and O–H groups in total. The third-order valence-corrected chi connectivity index (χ3v) is 2.63. The summed E-state index contributed by atoms with van der Waals surface area (Å²) in [5.74, 6) is -0.00675. The maximum absolute atomic E-state index is 10.8. The van der Waals surface area contributed by atoms with Crippen molar-refractivity contribution in [2.24, 2.45) is 0 Å². The van der Waals surface area contributed by atoms with Gasteiger partial charge in [-0.25, -0.2) is 0 Å². The number of nitrogens with zero attached hydrogens (tertiary/aromatic N) is 2. The minimum atomic E-state index is -0.567. The van der Waals surface area contributed by atoms with E-state index in [0.29, 0.717) is 6.54 Å². The molecular formula is C12H14ClN3O3. The number of nitro benzene ring substituents is 1. The summed E-state index contributed by atoms with van der Waals surface area (Å²) in [6, 6.07) is 5.78. The molecule has 0 fully saturated rings. The summed E-state index contributed by atoms with van der Waals surface area (Å²) in [6.07, 6.45) is 0.879. The average molecular weight is 284 g/mol. The van der Waals surface area contributed by atoms with Crippen molar-refractivity contribution in [1.82, 2.24) is 5.32 Å². The van der Waals surface area contributed by atoms with Crippen molar-refractivity contribution in [3.8, 4) is 11.8 Å². The lowest BCUT2D eigenvalue weighted by molar-refractivity contribution is -0.385. The Morgan fingerprint density at radius 1 is 1.63 bits per heavy atom. The summed E-state index contributed by atoms with van der Waals surface area (Å²) in [7, 11) is 0. The monoisotopic (exact) mass is 283 g/mol. The van der Waals surface area contributed by atoms with Crippen LogP contribution in [0.15, 0.2) is 18.2 Å². The largest absolute Gasteiger partial charge is 0.483 e. The highest BCUT2D eigenvalue weighted by Gasteiger charge is 2.19. The van der Waals surface area contributed by atoms with E-state index in [1.54, 1.807) is 0 Å². The zero-order valence-corrected chi connectivity index (χ0v) is 11.2. The Labute approximate surface area is 116 Å². The van der Waals surface area contributed by atoms with Crippen LogP contribution >= 0.6 is 11.6 Å². The standard InChI is InChI=1S/C12H14ClN3O3/c1-2-6-15-9(7-14)8-19-12-10(13)4-3-5-11(12)16(17)18/h3-5,9,15H,2,6,8H2,1H3. The molecule has 1 rings (SSSR count). The smallest absolute Gasteiger partial charge is 0.312 e. The van der Waals surface area contributed by atoms with Crippen LogP contribution in [0.25, 0.3) is 0 Å². The number of para-hydroxylation sites is 1. The zero-order chi connectivity index (χ0) is 14.3. The molecule has 0 aliphatic heterocycles. The quantitative estimate of drug-likeness (QED) is 0.613. The molecule has 0 heterocycles. The number of nitrogens with one attached hydrogen (secondary N) is 1. The number of hydrogen-bond acceptors (Lipinski definition) is 5. The number of nitriles is 1. The summed E-state index contributed by atoms with van der Waals surface area (Å²) in [6.45, 7) is 2.65. The van der Waals surface area contributed by atoms with Gasteiger partial charge in [-0.2, -0.15) is 5.26 Å². The fourth-order valence-electron chi connectivity index (χ4n) is 1.41. The minimum Gasteiger partial charge on any atom is -0.483 e. The average Bonchev–Trinajstić information content (AvgIpc) is 2.40. The fourth-order valence-corrected chi connectivity index (χ4v) is 1.64. The van der Waals surface area contributed by atoms with Crippen molar-refractivity contribution in [2.75, 3.05) is 13.2 Å². The van der Waals surface area contributed by atoms with Gasteiger partial charge in [0.05, 0.1) is 16.0 Å². The Hall–Kier alpha value is -1.84. The van der Waals surface area contributed by atoms with Crippen LogP contribution in [0, 0.1) is 21.4 Å². The summed E-state index contributed by atoms with van der Waals surface area (Å²) in [5, 5.41) is 22.9. The number of hydrogen-bond donors (Lipinski definition) is 1. The van der Waals surface area contributed by atoms with Gasteiger partial charge in [-0.3, -0.25) is 15.4 Å². The van der Waals surface area contributed by atoms with Crippen LogP contribution in [0.4, 0.5) is 5.69 Å². The molecule has 19 heavy (non-hydrogen) atoms. The van der Waals surface area contributed by atoms with Gasteiger partial charge in [0.15, 0.2) is 0 Å². The van der Waals surface area contributed by atoms with Gasteiger partial charge in [0.1, 0.15) is 12.6 Å². The topological polar surface area (TPSA) is 88.2 Å². The van der Waals surface area contributed by atoms with Crippen LogP contribution < -0.4 is 10.1 Å². The molecule has 0 bridgehead atoms. The lowest BCUT2D eigenvalue weighted by Gasteiger charge is -2.13. The van der Waals surface area contributed by atoms with Gasteiger partial charge >= 0.3 is 5.69 Å². The number of nitro groups is 1. The van der Waals surface area contributed by atoms with Crippen molar-refractivity contribution in [3.05, 3.63) is 33.3 Å². The minimum absolute atomic E-state index is 0.00106. The first-order valence-corrected chi connectivity index (χ1v) is 6.16. The van der Waals surface area contributed by atoms with E-state index < -0.39 is 11.0 Å². The number of rotatable bonds is 7. The van der Waals surface area contributed by atoms with Gasteiger partial charge < -0.3 is 4.74 Å². The SMILES string of the molecule is CCCNC(C#N)COc1c(Cl)cccc1[N+](=O)[O-]. The second kappa shape index (κ2) is 7.56. The molecule has 1 aromatic rings. The van der Waals surface area contributed by atoms with Crippen LogP contribution in [0.2, 0.25) is 5.02 Å². The van der Waals surface area contributed by atoms with E-state index in [1.807, 2.05) is 13.0 Å². The summed E-state index contributed by atoms with van der Waals surface area (Å²) in [5.41, 5.74) is -0.209. The molecule has 0 amide bonds. The zero-order valence-electron chi connectivity index (χ0n) is 10.4. The molecule has 0 spiro atoms. The predicted molar refractivity (Wildman–Crippen MR) is 71.3 cm³/mol. The maximum atomic E-state index is 10.8. The molecule has 0 aliphatic carbocycles. The van der Waals surface area contributed by atoms with Gasteiger partial charge in [-0.15, -0.1) is 0 Å². The third-order valence-electron chi connectivity index (χ3n) is 2.33. The number of benzene rings is 1. The molecule has 1 atom stereocenters. The molecule has 6 nitrogen and oxygen atoms in total. The molecule has 102 valence electrons. The first-order valence-electron chi connectivity index (χ1n) is 5.78. The molecular weight excluding hydrogens is 270 g/mol. The van der Waals surface area contributed by atoms with Crippen LogP contribution in [0.3, 0.4) is 0 Å². The Kier molecular flexibility index (Phi) is 6.06. The van der Waals surface area contributed by atoms with Crippen molar-refractivity contribution >= 4 is 17.3 Å². The predicted octanol–water partition coefficient (Wildman–Crippen LogP) is 2.52. The summed E-state index contributed by atoms with van der Waals surface area (Å²) in [4.78, 5) is 10.3. The second-order valence-electron chi connectivity index (χ2n) is 3.79. The summed E-state index contributed by atoms with van der Waals surface area (Å²) < 4.78 is 5.32. The van der Waals surface area contributed by atoms with Crippen LogP contribution in [0.1, 0.15) is 13.3 Å². The number of halogens is 1. The Balaban J connectivity index is 2.77. The van der Waals surface area contributed by atoms with E-state index in [-0.39, 0.29) is 23.1 Å². The first kappa shape index (κ1) is 15.2. The molecule has 1 unspecified atom stereocenters. The molecule has 1 aromatic carbocycles. The van der Waals surface area contributed by atoms with Crippen LogP contribution in [-0.2, 0) is 0 Å². The highest BCUT2D eigenvalue weighted by atomic mass is 35.5. The van der Waals surface area contributed by atoms with Gasteiger partial charge in [0.2, 0.25) is 5.75 Å². The third kappa shape index (κ3) is 4.39. The van der Waals surface area contributed by atoms with E-state index in [4.69, 9.17) is 21.6 Å². The number of ether oxygens (including phenoxy) is 1. The highest BCUT2D eigenvalue weighted by Crippen LogP contribution is 2.34. The normalized spacial score (nSPS) is 11.6. The van der Waals surface area contributed by atoms with E-state index in [2.05, 4.69) is 5.32 Å². The molecule has 0 saturated carbocycles. The maximum Gasteiger partial charge on any atom is 0.312 e. The summed E-state index contributed by atoms with van der Waals surface area (Å²) >= 11 is 5.87. The fraction of sp³-hybridized carbons (Fsp3) is 0.417. The van der Waals surface area contributed by atoms with Crippen LogP contribution in [0.5, 0.6) is 5.75 Å². The molecule has 0 aliphatic rings. The van der Waals surface area contributed by atoms with Gasteiger partial charge in [0.25, 0.3) is 0 Å². The second-order valence-corrected chi connectivity index (χ2v) is 4.20. The lowest BCUT2D eigenvalue weighted by atomic mass is 10.3. The van der Waals surface area contributed by atoms with E-state index in [1.165, 1.54) is 18.2 Å². The highest BCUT2D eigenvalue weighted by molar-refractivity contribution is 6.32. The first-order chi connectivity index (χ1) is 9.10.